The summed E-state index contributed by atoms with van der Waals surface area (Å²) < 4.78 is 0. The monoisotopic (exact) mass is 249 g/mol. The summed E-state index contributed by atoms with van der Waals surface area (Å²) in [5.41, 5.74) is 4.71. The Bertz CT molecular complexity index is 389. The molecule has 1 aromatic carbocycles. The maximum absolute atomic E-state index is 11.5. The lowest BCUT2D eigenvalue weighted by Crippen LogP contribution is -2.44. The van der Waals surface area contributed by atoms with Gasteiger partial charge in [0.05, 0.1) is 5.92 Å². The highest BCUT2D eigenvalue weighted by Crippen LogP contribution is 2.13. The molecule has 4 heteroatoms. The van der Waals surface area contributed by atoms with Crippen LogP contribution in [0.4, 0.5) is 0 Å². The Morgan fingerprint density at radius 3 is 2.39 bits per heavy atom. The summed E-state index contributed by atoms with van der Waals surface area (Å²) in [5, 5.41) is 0. The van der Waals surface area contributed by atoms with Crippen LogP contribution < -0.4 is 11.3 Å². The third-order valence-corrected chi connectivity index (χ3v) is 3.53. The number of amides is 1. The molecule has 1 rings (SSSR count). The molecular formula is C14H23N3O. The Morgan fingerprint density at radius 2 is 1.89 bits per heavy atom. The number of nitrogens with two attached hydrogens (primary N) is 1. The Balaban J connectivity index is 2.61. The molecule has 100 valence electrons. The highest BCUT2D eigenvalue weighted by molar-refractivity contribution is 5.78. The average Bonchev–Trinajstić information content (AvgIpc) is 2.38. The Labute approximate surface area is 109 Å². The van der Waals surface area contributed by atoms with Crippen LogP contribution in [0.15, 0.2) is 24.3 Å². The standard InChI is InChI=1S/C14H23N3O/c1-10-5-7-13(8-6-10)9-17(4)12(3)11(2)14(18)16-15/h5-8,11-12H,9,15H2,1-4H3,(H,16,18). The molecule has 0 saturated heterocycles. The lowest BCUT2D eigenvalue weighted by Gasteiger charge is -2.28. The second kappa shape index (κ2) is 6.52. The Kier molecular flexibility index (Phi) is 5.31. The van der Waals surface area contributed by atoms with Gasteiger partial charge in [0.1, 0.15) is 0 Å². The molecule has 0 aliphatic carbocycles. The third-order valence-electron chi connectivity index (χ3n) is 3.53. The first-order valence-electron chi connectivity index (χ1n) is 6.22. The van der Waals surface area contributed by atoms with Crippen LogP contribution in [0.3, 0.4) is 0 Å². The van der Waals surface area contributed by atoms with E-state index in [2.05, 4.69) is 41.5 Å². The van der Waals surface area contributed by atoms with E-state index in [-0.39, 0.29) is 17.9 Å². The number of carbonyl (C=O) groups is 1. The van der Waals surface area contributed by atoms with Crippen molar-refractivity contribution in [2.45, 2.75) is 33.4 Å². The second-order valence-corrected chi connectivity index (χ2v) is 4.94. The maximum atomic E-state index is 11.5. The maximum Gasteiger partial charge on any atom is 0.238 e. The quantitative estimate of drug-likeness (QED) is 0.471. The van der Waals surface area contributed by atoms with E-state index in [1.165, 1.54) is 11.1 Å². The molecule has 0 radical (unpaired) electrons. The van der Waals surface area contributed by atoms with Gasteiger partial charge in [-0.2, -0.15) is 0 Å². The summed E-state index contributed by atoms with van der Waals surface area (Å²) in [4.78, 5) is 13.6. The fraction of sp³-hybridized carbons (Fsp3) is 0.500. The van der Waals surface area contributed by atoms with Gasteiger partial charge in [0.25, 0.3) is 0 Å². The Morgan fingerprint density at radius 1 is 1.33 bits per heavy atom. The first kappa shape index (κ1) is 14.7. The molecule has 0 bridgehead atoms. The van der Waals surface area contributed by atoms with Crippen molar-refractivity contribution in [3.05, 3.63) is 35.4 Å². The molecule has 0 aromatic heterocycles. The van der Waals surface area contributed by atoms with Crippen molar-refractivity contribution in [1.82, 2.24) is 10.3 Å². The molecule has 3 N–H and O–H groups in total. The van der Waals surface area contributed by atoms with Gasteiger partial charge < -0.3 is 0 Å². The number of hydrogen-bond acceptors (Lipinski definition) is 3. The van der Waals surface area contributed by atoms with E-state index in [0.717, 1.165) is 6.54 Å². The van der Waals surface area contributed by atoms with E-state index >= 15 is 0 Å². The minimum absolute atomic E-state index is 0.127. The predicted molar refractivity (Wildman–Crippen MR) is 73.6 cm³/mol. The van der Waals surface area contributed by atoms with Crippen LogP contribution in [0.25, 0.3) is 0 Å². The zero-order valence-corrected chi connectivity index (χ0v) is 11.6. The van der Waals surface area contributed by atoms with Gasteiger partial charge in [-0.15, -0.1) is 0 Å². The molecular weight excluding hydrogens is 226 g/mol. The van der Waals surface area contributed by atoms with Crippen LogP contribution in [0.1, 0.15) is 25.0 Å². The summed E-state index contributed by atoms with van der Waals surface area (Å²) in [6, 6.07) is 8.57. The molecule has 0 heterocycles. The number of hydrogen-bond donors (Lipinski definition) is 2. The van der Waals surface area contributed by atoms with E-state index < -0.39 is 0 Å². The minimum Gasteiger partial charge on any atom is -0.299 e. The highest BCUT2D eigenvalue weighted by Gasteiger charge is 2.22. The van der Waals surface area contributed by atoms with Crippen LogP contribution >= 0.6 is 0 Å². The fourth-order valence-corrected chi connectivity index (χ4v) is 1.86. The molecule has 0 aliphatic rings. The first-order valence-corrected chi connectivity index (χ1v) is 6.22. The highest BCUT2D eigenvalue weighted by atomic mass is 16.2. The molecule has 2 atom stereocenters. The minimum atomic E-state index is -0.134. The number of carbonyl (C=O) groups excluding carboxylic acids is 1. The van der Waals surface area contributed by atoms with Gasteiger partial charge in [-0.1, -0.05) is 36.8 Å². The molecule has 4 nitrogen and oxygen atoms in total. The summed E-state index contributed by atoms with van der Waals surface area (Å²) in [7, 11) is 2.02. The van der Waals surface area contributed by atoms with Crippen molar-refractivity contribution in [3.8, 4) is 0 Å². The first-order chi connectivity index (χ1) is 8.45. The molecule has 1 amide bonds. The molecule has 0 aliphatic heterocycles. The van der Waals surface area contributed by atoms with Crippen molar-refractivity contribution >= 4 is 5.91 Å². The average molecular weight is 249 g/mol. The lowest BCUT2D eigenvalue weighted by atomic mass is 10.0. The normalized spacial score (nSPS) is 14.3. The molecule has 0 saturated carbocycles. The van der Waals surface area contributed by atoms with E-state index in [1.807, 2.05) is 20.9 Å². The van der Waals surface area contributed by atoms with Crippen LogP contribution in [0.2, 0.25) is 0 Å². The Hall–Kier alpha value is -1.39. The largest absolute Gasteiger partial charge is 0.299 e. The smallest absolute Gasteiger partial charge is 0.238 e. The fourth-order valence-electron chi connectivity index (χ4n) is 1.86. The third kappa shape index (κ3) is 3.82. The van der Waals surface area contributed by atoms with Gasteiger partial charge in [0.15, 0.2) is 0 Å². The van der Waals surface area contributed by atoms with Crippen LogP contribution in [0.5, 0.6) is 0 Å². The zero-order valence-electron chi connectivity index (χ0n) is 11.6. The van der Waals surface area contributed by atoms with E-state index in [1.54, 1.807) is 0 Å². The number of aryl methyl sites for hydroxylation is 1. The van der Waals surface area contributed by atoms with E-state index in [9.17, 15) is 4.79 Å². The number of hydrazine groups is 1. The number of nitrogens with zero attached hydrogens (tertiary/aromatic N) is 1. The molecule has 0 spiro atoms. The zero-order chi connectivity index (χ0) is 13.7. The van der Waals surface area contributed by atoms with Gasteiger partial charge in [-0.3, -0.25) is 15.1 Å². The van der Waals surface area contributed by atoms with E-state index in [4.69, 9.17) is 5.84 Å². The van der Waals surface area contributed by atoms with Crippen molar-refractivity contribution in [2.24, 2.45) is 11.8 Å². The van der Waals surface area contributed by atoms with Crippen LogP contribution in [-0.2, 0) is 11.3 Å². The number of nitrogens with one attached hydrogen (secondary N) is 1. The SMILES string of the molecule is Cc1ccc(CN(C)C(C)C(C)C(=O)NN)cc1. The summed E-state index contributed by atoms with van der Waals surface area (Å²) in [5.74, 6) is 4.90. The van der Waals surface area contributed by atoms with Crippen LogP contribution in [0, 0.1) is 12.8 Å². The number of rotatable bonds is 5. The summed E-state index contributed by atoms with van der Waals surface area (Å²) in [6.45, 7) is 6.82. The molecule has 1 aromatic rings. The van der Waals surface area contributed by atoms with Crippen molar-refractivity contribution in [3.63, 3.8) is 0 Å². The molecule has 18 heavy (non-hydrogen) atoms. The second-order valence-electron chi connectivity index (χ2n) is 4.94. The van der Waals surface area contributed by atoms with Crippen LogP contribution in [-0.4, -0.2) is 23.9 Å². The van der Waals surface area contributed by atoms with E-state index in [0.29, 0.717) is 0 Å². The van der Waals surface area contributed by atoms with Gasteiger partial charge in [-0.25, -0.2) is 5.84 Å². The van der Waals surface area contributed by atoms with Gasteiger partial charge in [-0.05, 0) is 26.5 Å². The van der Waals surface area contributed by atoms with Crippen molar-refractivity contribution in [1.29, 1.82) is 0 Å². The molecule has 2 unspecified atom stereocenters. The van der Waals surface area contributed by atoms with Crippen molar-refractivity contribution < 1.29 is 4.79 Å². The number of benzene rings is 1. The summed E-state index contributed by atoms with van der Waals surface area (Å²) in [6.07, 6.45) is 0. The predicted octanol–water partition coefficient (Wildman–Crippen LogP) is 1.44. The van der Waals surface area contributed by atoms with Gasteiger partial charge in [0, 0.05) is 12.6 Å². The van der Waals surface area contributed by atoms with Gasteiger partial charge >= 0.3 is 0 Å². The topological polar surface area (TPSA) is 58.4 Å². The lowest BCUT2D eigenvalue weighted by molar-refractivity contribution is -0.126. The van der Waals surface area contributed by atoms with Crippen molar-refractivity contribution in [2.75, 3.05) is 7.05 Å². The molecule has 0 fully saturated rings. The summed E-state index contributed by atoms with van der Waals surface area (Å²) >= 11 is 0. The van der Waals surface area contributed by atoms with Gasteiger partial charge in [0.2, 0.25) is 5.91 Å².